The molecule has 206 valence electrons. The first kappa shape index (κ1) is 26.6. The van der Waals surface area contributed by atoms with Crippen molar-refractivity contribution >= 4 is 23.5 Å². The number of nitrogens with two attached hydrogens (primary N) is 2. The van der Waals surface area contributed by atoms with Crippen molar-refractivity contribution in [3.8, 4) is 22.7 Å². The molecule has 12 heteroatoms. The third-order valence-electron chi connectivity index (χ3n) is 6.67. The number of nitrogen functional groups attached to an aromatic ring is 1. The van der Waals surface area contributed by atoms with E-state index >= 15 is 0 Å². The number of primary amides is 1. The number of aromatic nitrogens is 3. The maximum Gasteiger partial charge on any atom is 0.255 e. The first-order valence-electron chi connectivity index (χ1n) is 12.7. The van der Waals surface area contributed by atoms with Crippen molar-refractivity contribution in [3.63, 3.8) is 0 Å². The second-order valence-corrected chi connectivity index (χ2v) is 9.22. The molecule has 2 amide bonds. The number of amides is 2. The third kappa shape index (κ3) is 5.43. The van der Waals surface area contributed by atoms with Gasteiger partial charge in [-0.25, -0.2) is 14.1 Å². The SMILES string of the molecule is COc1ccc(F)cc1C(=O)NCc1ccc(-c2nn(-c3ccc(N4CCNCC4)nc3)c(N)c2C(N)=O)cc1. The van der Waals surface area contributed by atoms with Crippen molar-refractivity contribution < 1.29 is 18.7 Å². The highest BCUT2D eigenvalue weighted by molar-refractivity contribution is 6.03. The Morgan fingerprint density at radius 1 is 1.10 bits per heavy atom. The molecule has 0 radical (unpaired) electrons. The van der Waals surface area contributed by atoms with Gasteiger partial charge in [-0.3, -0.25) is 9.59 Å². The lowest BCUT2D eigenvalue weighted by Gasteiger charge is -2.28. The third-order valence-corrected chi connectivity index (χ3v) is 6.67. The maximum absolute atomic E-state index is 13.6. The molecule has 3 heterocycles. The monoisotopic (exact) mass is 544 g/mol. The van der Waals surface area contributed by atoms with Gasteiger partial charge >= 0.3 is 0 Å². The zero-order chi connectivity index (χ0) is 28.2. The fraction of sp³-hybridized carbons (Fsp3) is 0.214. The van der Waals surface area contributed by atoms with Gasteiger partial charge in [-0.05, 0) is 35.9 Å². The molecule has 0 bridgehead atoms. The highest BCUT2D eigenvalue weighted by Crippen LogP contribution is 2.30. The Balaban J connectivity index is 1.35. The fourth-order valence-electron chi connectivity index (χ4n) is 4.57. The van der Waals surface area contributed by atoms with Gasteiger partial charge in [0.15, 0.2) is 0 Å². The Kier molecular flexibility index (Phi) is 7.60. The Bertz CT molecular complexity index is 1530. The van der Waals surface area contributed by atoms with E-state index in [4.69, 9.17) is 16.2 Å². The molecule has 1 aliphatic heterocycles. The summed E-state index contributed by atoms with van der Waals surface area (Å²) in [5.74, 6) is -0.478. The van der Waals surface area contributed by atoms with Gasteiger partial charge in [0.05, 0.1) is 24.6 Å². The minimum Gasteiger partial charge on any atom is -0.496 e. The molecule has 2 aromatic carbocycles. The molecule has 0 atom stereocenters. The van der Waals surface area contributed by atoms with E-state index in [9.17, 15) is 14.0 Å². The highest BCUT2D eigenvalue weighted by Gasteiger charge is 2.23. The minimum atomic E-state index is -0.704. The molecule has 1 saturated heterocycles. The number of hydrogen-bond acceptors (Lipinski definition) is 8. The van der Waals surface area contributed by atoms with Crippen molar-refractivity contribution in [2.75, 3.05) is 43.9 Å². The molecule has 11 nitrogen and oxygen atoms in total. The van der Waals surface area contributed by atoms with E-state index in [2.05, 4.69) is 25.6 Å². The summed E-state index contributed by atoms with van der Waals surface area (Å²) in [6.07, 6.45) is 1.66. The number of anilines is 2. The Morgan fingerprint density at radius 3 is 2.50 bits per heavy atom. The number of nitrogens with zero attached hydrogens (tertiary/aromatic N) is 4. The summed E-state index contributed by atoms with van der Waals surface area (Å²) in [7, 11) is 1.41. The van der Waals surface area contributed by atoms with Gasteiger partial charge in [-0.2, -0.15) is 5.10 Å². The van der Waals surface area contributed by atoms with E-state index in [0.717, 1.165) is 43.6 Å². The molecule has 0 saturated carbocycles. The number of nitrogens with one attached hydrogen (secondary N) is 2. The van der Waals surface area contributed by atoms with Crippen LogP contribution in [0.15, 0.2) is 60.8 Å². The van der Waals surface area contributed by atoms with E-state index in [0.29, 0.717) is 16.9 Å². The van der Waals surface area contributed by atoms with E-state index in [1.54, 1.807) is 30.5 Å². The second kappa shape index (κ2) is 11.4. The molecule has 1 aliphatic rings. The van der Waals surface area contributed by atoms with Crippen LogP contribution < -0.4 is 31.7 Å². The van der Waals surface area contributed by atoms with Crippen molar-refractivity contribution in [2.24, 2.45) is 5.73 Å². The summed E-state index contributed by atoms with van der Waals surface area (Å²) in [5, 5.41) is 10.7. The molecular weight excluding hydrogens is 515 g/mol. The number of pyridine rings is 1. The van der Waals surface area contributed by atoms with Gasteiger partial charge in [0, 0.05) is 38.3 Å². The van der Waals surface area contributed by atoms with Crippen LogP contribution in [0.3, 0.4) is 0 Å². The topological polar surface area (TPSA) is 153 Å². The van der Waals surface area contributed by atoms with E-state index in [-0.39, 0.29) is 29.2 Å². The minimum absolute atomic E-state index is 0.0988. The maximum atomic E-state index is 13.6. The summed E-state index contributed by atoms with van der Waals surface area (Å²) in [5.41, 5.74) is 14.5. The van der Waals surface area contributed by atoms with E-state index in [1.807, 2.05) is 12.1 Å². The van der Waals surface area contributed by atoms with Crippen LogP contribution in [0.25, 0.3) is 16.9 Å². The van der Waals surface area contributed by atoms with Crippen molar-refractivity contribution in [1.29, 1.82) is 0 Å². The van der Waals surface area contributed by atoms with Crippen LogP contribution in [0.2, 0.25) is 0 Å². The van der Waals surface area contributed by atoms with Gasteiger partial charge < -0.3 is 31.7 Å². The predicted molar refractivity (Wildman–Crippen MR) is 149 cm³/mol. The number of rotatable bonds is 8. The quantitative estimate of drug-likeness (QED) is 0.263. The van der Waals surface area contributed by atoms with Crippen LogP contribution in [0, 0.1) is 5.82 Å². The molecule has 0 spiro atoms. The standard InChI is InChI=1S/C28H29FN8O3/c1-40-22-8-6-19(29)14-21(22)28(39)34-15-17-2-4-18(5-3-17)25-24(27(31)38)26(30)37(35-25)20-7-9-23(33-16-20)36-12-10-32-11-13-36/h2-9,14,16,32H,10-13,15,30H2,1H3,(H2,31,38)(H,34,39). The molecular formula is C28H29FN8O3. The van der Waals surface area contributed by atoms with Gasteiger partial charge in [0.25, 0.3) is 11.8 Å². The van der Waals surface area contributed by atoms with Crippen molar-refractivity contribution in [2.45, 2.75) is 6.54 Å². The van der Waals surface area contributed by atoms with Crippen LogP contribution in [0.4, 0.5) is 16.0 Å². The smallest absolute Gasteiger partial charge is 0.255 e. The zero-order valence-corrected chi connectivity index (χ0v) is 21.9. The first-order valence-corrected chi connectivity index (χ1v) is 12.7. The molecule has 5 rings (SSSR count). The van der Waals surface area contributed by atoms with Crippen LogP contribution in [0.5, 0.6) is 5.75 Å². The van der Waals surface area contributed by atoms with Crippen LogP contribution >= 0.6 is 0 Å². The van der Waals surface area contributed by atoms with Crippen LogP contribution in [-0.2, 0) is 6.54 Å². The lowest BCUT2D eigenvalue weighted by atomic mass is 10.0. The van der Waals surface area contributed by atoms with Gasteiger partial charge in [0.2, 0.25) is 0 Å². The number of carbonyl (C=O) groups is 2. The lowest BCUT2D eigenvalue weighted by molar-refractivity contribution is 0.0946. The predicted octanol–water partition coefficient (Wildman–Crippen LogP) is 2.10. The van der Waals surface area contributed by atoms with Crippen LogP contribution in [-0.4, -0.2) is 59.9 Å². The molecule has 4 aromatic rings. The van der Waals surface area contributed by atoms with Crippen molar-refractivity contribution in [1.82, 2.24) is 25.4 Å². The Labute approximate surface area is 229 Å². The number of hydrogen-bond donors (Lipinski definition) is 4. The van der Waals surface area contributed by atoms with Gasteiger partial charge in [-0.1, -0.05) is 24.3 Å². The van der Waals surface area contributed by atoms with Gasteiger partial charge in [0.1, 0.15) is 34.5 Å². The number of carbonyl (C=O) groups excluding carboxylic acids is 2. The normalized spacial score (nSPS) is 13.2. The second-order valence-electron chi connectivity index (χ2n) is 9.22. The fourth-order valence-corrected chi connectivity index (χ4v) is 4.57. The number of halogens is 1. The zero-order valence-electron chi connectivity index (χ0n) is 21.9. The molecule has 6 N–H and O–H groups in total. The summed E-state index contributed by atoms with van der Waals surface area (Å²) >= 11 is 0. The number of piperazine rings is 1. The van der Waals surface area contributed by atoms with Gasteiger partial charge in [-0.15, -0.1) is 0 Å². The highest BCUT2D eigenvalue weighted by atomic mass is 19.1. The molecule has 40 heavy (non-hydrogen) atoms. The summed E-state index contributed by atoms with van der Waals surface area (Å²) in [6, 6.07) is 14.6. The Hall–Kier alpha value is -4.97. The summed E-state index contributed by atoms with van der Waals surface area (Å²) in [6.45, 7) is 3.71. The summed E-state index contributed by atoms with van der Waals surface area (Å²) < 4.78 is 20.2. The number of methoxy groups -OCH3 is 1. The Morgan fingerprint density at radius 2 is 1.85 bits per heavy atom. The van der Waals surface area contributed by atoms with E-state index in [1.165, 1.54) is 23.9 Å². The van der Waals surface area contributed by atoms with Crippen LogP contribution in [0.1, 0.15) is 26.3 Å². The molecule has 1 fully saturated rings. The molecule has 0 unspecified atom stereocenters. The van der Waals surface area contributed by atoms with E-state index < -0.39 is 17.6 Å². The average molecular weight is 545 g/mol. The number of ether oxygens (including phenoxy) is 1. The largest absolute Gasteiger partial charge is 0.496 e. The number of benzene rings is 2. The average Bonchev–Trinajstić information content (AvgIpc) is 3.33. The molecule has 2 aromatic heterocycles. The molecule has 0 aliphatic carbocycles. The first-order chi connectivity index (χ1) is 19.4. The lowest BCUT2D eigenvalue weighted by Crippen LogP contribution is -2.43. The van der Waals surface area contributed by atoms with Crippen molar-refractivity contribution in [3.05, 3.63) is 83.3 Å². The summed E-state index contributed by atoms with van der Waals surface area (Å²) in [4.78, 5) is 31.7.